The molecule has 2 heteroatoms. The second-order valence-corrected chi connectivity index (χ2v) is 3.94. The van der Waals surface area contributed by atoms with Crippen LogP contribution in [0.5, 0.6) is 5.75 Å². The average Bonchev–Trinajstić information content (AvgIpc) is 2.81. The number of nitrogens with one attached hydrogen (secondary N) is 1. The fourth-order valence-electron chi connectivity index (χ4n) is 2.20. The minimum Gasteiger partial charge on any atom is -0.486 e. The molecule has 0 radical (unpaired) electrons. The highest BCUT2D eigenvalue weighted by atomic mass is 16.5. The van der Waals surface area contributed by atoms with Crippen LogP contribution >= 0.6 is 0 Å². The van der Waals surface area contributed by atoms with E-state index in [1.807, 2.05) is 30.3 Å². The number of fused-ring (bicyclic) bond motifs is 2. The van der Waals surface area contributed by atoms with Gasteiger partial charge in [-0.15, -0.1) is 0 Å². The van der Waals surface area contributed by atoms with E-state index in [9.17, 15) is 0 Å². The summed E-state index contributed by atoms with van der Waals surface area (Å²) in [6, 6.07) is 10.7. The number of benzene rings is 1. The number of para-hydroxylation sites is 1. The lowest BCUT2D eigenvalue weighted by molar-refractivity contribution is 0.232. The lowest BCUT2D eigenvalue weighted by Gasteiger charge is -2.18. The van der Waals surface area contributed by atoms with Crippen LogP contribution in [0.25, 0.3) is 0 Å². The first kappa shape index (κ1) is 7.92. The molecule has 1 aromatic carbocycles. The van der Waals surface area contributed by atoms with Crippen LogP contribution in [0.3, 0.4) is 0 Å². The Morgan fingerprint density at radius 2 is 2.07 bits per heavy atom. The third kappa shape index (κ3) is 1.27. The molecule has 2 nitrogen and oxygen atoms in total. The van der Waals surface area contributed by atoms with Crippen LogP contribution in [0.1, 0.15) is 12.8 Å². The van der Waals surface area contributed by atoms with Gasteiger partial charge in [0.05, 0.1) is 0 Å². The predicted molar refractivity (Wildman–Crippen MR) is 55.1 cm³/mol. The number of hydrogen-bond donors (Lipinski definition) is 1. The molecule has 0 spiro atoms. The summed E-state index contributed by atoms with van der Waals surface area (Å²) in [5.41, 5.74) is 1.42. The summed E-state index contributed by atoms with van der Waals surface area (Å²) in [5, 5.41) is 3.33. The van der Waals surface area contributed by atoms with Crippen molar-refractivity contribution in [3.05, 3.63) is 42.1 Å². The topological polar surface area (TPSA) is 21.3 Å². The second-order valence-electron chi connectivity index (χ2n) is 3.94. The van der Waals surface area contributed by atoms with Crippen LogP contribution in [0.2, 0.25) is 0 Å². The summed E-state index contributed by atoms with van der Waals surface area (Å²) in [5.74, 6) is 0.978. The molecule has 2 bridgehead atoms. The highest BCUT2D eigenvalue weighted by Gasteiger charge is 2.34. The molecule has 1 heterocycles. The maximum atomic E-state index is 5.90. The van der Waals surface area contributed by atoms with E-state index in [0.29, 0.717) is 12.1 Å². The average molecular weight is 187 g/mol. The van der Waals surface area contributed by atoms with Crippen molar-refractivity contribution in [1.29, 1.82) is 0 Å². The molecule has 0 aromatic heterocycles. The largest absolute Gasteiger partial charge is 0.486 e. The van der Waals surface area contributed by atoms with Gasteiger partial charge in [-0.05, 0) is 30.3 Å². The molecule has 1 N–H and O–H groups in total. The van der Waals surface area contributed by atoms with Crippen molar-refractivity contribution in [3.8, 4) is 5.75 Å². The van der Waals surface area contributed by atoms with Gasteiger partial charge in [0.2, 0.25) is 0 Å². The summed E-state index contributed by atoms with van der Waals surface area (Å²) >= 11 is 0. The van der Waals surface area contributed by atoms with E-state index in [4.69, 9.17) is 4.74 Å². The van der Waals surface area contributed by atoms with Crippen molar-refractivity contribution in [2.75, 3.05) is 0 Å². The van der Waals surface area contributed by atoms with Gasteiger partial charge in [0.15, 0.2) is 0 Å². The third-order valence-electron chi connectivity index (χ3n) is 2.92. The molecule has 1 aliphatic carbocycles. The first-order valence-corrected chi connectivity index (χ1v) is 5.08. The Balaban J connectivity index is 1.74. The molecule has 1 aromatic rings. The van der Waals surface area contributed by atoms with Crippen LogP contribution < -0.4 is 10.1 Å². The Bertz CT molecular complexity index is 358. The molecule has 0 saturated heterocycles. The summed E-state index contributed by atoms with van der Waals surface area (Å²) in [7, 11) is 0. The van der Waals surface area contributed by atoms with Gasteiger partial charge in [-0.25, -0.2) is 0 Å². The van der Waals surface area contributed by atoms with Crippen molar-refractivity contribution in [2.45, 2.75) is 25.0 Å². The molecule has 0 amide bonds. The van der Waals surface area contributed by atoms with Gasteiger partial charge in [0.25, 0.3) is 0 Å². The fraction of sp³-hybridized carbons (Fsp3) is 0.333. The molecular weight excluding hydrogens is 174 g/mol. The van der Waals surface area contributed by atoms with Crippen LogP contribution in [0, 0.1) is 0 Å². The van der Waals surface area contributed by atoms with Crippen LogP contribution in [0.4, 0.5) is 0 Å². The predicted octanol–water partition coefficient (Wildman–Crippen LogP) is 2.08. The van der Waals surface area contributed by atoms with Gasteiger partial charge in [0, 0.05) is 12.5 Å². The zero-order valence-corrected chi connectivity index (χ0v) is 7.94. The Morgan fingerprint density at radius 3 is 2.71 bits per heavy atom. The van der Waals surface area contributed by atoms with Crippen molar-refractivity contribution in [2.24, 2.45) is 0 Å². The molecule has 2 atom stereocenters. The van der Waals surface area contributed by atoms with Crippen LogP contribution in [0.15, 0.2) is 42.1 Å². The minimum atomic E-state index is 0.309. The van der Waals surface area contributed by atoms with E-state index in [-0.39, 0.29) is 0 Å². The lowest BCUT2D eigenvalue weighted by atomic mass is 10.2. The molecule has 72 valence electrons. The third-order valence-corrected chi connectivity index (χ3v) is 2.92. The van der Waals surface area contributed by atoms with Gasteiger partial charge < -0.3 is 10.1 Å². The fourth-order valence-corrected chi connectivity index (χ4v) is 2.20. The molecule has 3 rings (SSSR count). The molecule has 14 heavy (non-hydrogen) atoms. The Kier molecular flexibility index (Phi) is 1.72. The molecule has 1 aliphatic heterocycles. The lowest BCUT2D eigenvalue weighted by Crippen LogP contribution is -2.26. The first-order valence-electron chi connectivity index (χ1n) is 5.08. The molecule has 0 unspecified atom stereocenters. The smallest absolute Gasteiger partial charge is 0.123 e. The van der Waals surface area contributed by atoms with E-state index >= 15 is 0 Å². The summed E-state index contributed by atoms with van der Waals surface area (Å²) in [6.07, 6.45) is 4.70. The van der Waals surface area contributed by atoms with Gasteiger partial charge in [0.1, 0.15) is 11.9 Å². The van der Waals surface area contributed by atoms with Crippen molar-refractivity contribution < 1.29 is 4.74 Å². The van der Waals surface area contributed by atoms with Crippen LogP contribution in [-0.2, 0) is 0 Å². The minimum absolute atomic E-state index is 0.309. The highest BCUT2D eigenvalue weighted by molar-refractivity contribution is 5.27. The zero-order chi connectivity index (χ0) is 9.38. The normalized spacial score (nSPS) is 28.4. The molecule has 1 saturated carbocycles. The quantitative estimate of drug-likeness (QED) is 0.765. The van der Waals surface area contributed by atoms with Crippen molar-refractivity contribution in [1.82, 2.24) is 5.32 Å². The second kappa shape index (κ2) is 3.05. The van der Waals surface area contributed by atoms with Crippen LogP contribution in [-0.4, -0.2) is 12.1 Å². The van der Waals surface area contributed by atoms with E-state index in [0.717, 1.165) is 18.6 Å². The summed E-state index contributed by atoms with van der Waals surface area (Å²) < 4.78 is 5.90. The van der Waals surface area contributed by atoms with Crippen molar-refractivity contribution >= 4 is 0 Å². The first-order chi connectivity index (χ1) is 6.92. The summed E-state index contributed by atoms with van der Waals surface area (Å²) in [4.78, 5) is 0. The Morgan fingerprint density at radius 1 is 1.21 bits per heavy atom. The Hall–Kier alpha value is -1.44. The van der Waals surface area contributed by atoms with E-state index in [1.54, 1.807) is 0 Å². The molecule has 2 aliphatic rings. The molecular formula is C12H13NO. The maximum Gasteiger partial charge on any atom is 0.123 e. The maximum absolute atomic E-state index is 5.90. The zero-order valence-electron chi connectivity index (χ0n) is 7.94. The van der Waals surface area contributed by atoms with Gasteiger partial charge in [-0.3, -0.25) is 0 Å². The van der Waals surface area contributed by atoms with Gasteiger partial charge >= 0.3 is 0 Å². The van der Waals surface area contributed by atoms with Crippen molar-refractivity contribution in [3.63, 3.8) is 0 Å². The molecule has 1 fully saturated rings. The van der Waals surface area contributed by atoms with E-state index < -0.39 is 0 Å². The number of hydrogen-bond acceptors (Lipinski definition) is 2. The summed E-state index contributed by atoms with van der Waals surface area (Å²) in [6.45, 7) is 0. The van der Waals surface area contributed by atoms with E-state index in [2.05, 4.69) is 11.5 Å². The van der Waals surface area contributed by atoms with E-state index in [1.165, 1.54) is 5.57 Å². The SMILES string of the molecule is C1=C2C[C@@H](C[C@@H]2Oc2ccccc2)N1. The van der Waals surface area contributed by atoms with Gasteiger partial charge in [-0.1, -0.05) is 18.2 Å². The Labute approximate surface area is 83.6 Å². The monoisotopic (exact) mass is 187 g/mol. The number of rotatable bonds is 2. The highest BCUT2D eigenvalue weighted by Crippen LogP contribution is 2.32. The number of ether oxygens (including phenoxy) is 1. The standard InChI is InChI=1S/C12H13NO/c1-2-4-11(5-3-1)14-12-7-10-6-9(12)8-13-10/h1-5,8,10,12-13H,6-7H2/t10-,12-/m0/s1. The van der Waals surface area contributed by atoms with Gasteiger partial charge in [-0.2, -0.15) is 0 Å².